The highest BCUT2D eigenvalue weighted by molar-refractivity contribution is 5.08. The van der Waals surface area contributed by atoms with Gasteiger partial charge in [0, 0.05) is 11.5 Å². The van der Waals surface area contributed by atoms with Crippen molar-refractivity contribution in [3.63, 3.8) is 0 Å². The first-order valence-electron chi connectivity index (χ1n) is 5.04. The highest BCUT2D eigenvalue weighted by Gasteiger charge is 2.56. The van der Waals surface area contributed by atoms with Crippen LogP contribution in [0.15, 0.2) is 0 Å². The second-order valence-corrected chi connectivity index (χ2v) is 4.75. The molecule has 3 atom stereocenters. The number of halogens is 1. The average molecular weight is 171 g/mol. The van der Waals surface area contributed by atoms with Gasteiger partial charge in [-0.05, 0) is 25.2 Å². The third-order valence-electron chi connectivity index (χ3n) is 3.84. The summed E-state index contributed by atoms with van der Waals surface area (Å²) in [7, 11) is 0. The summed E-state index contributed by atoms with van der Waals surface area (Å²) in [6.07, 6.45) is 5.13. The third-order valence-corrected chi connectivity index (χ3v) is 3.84. The summed E-state index contributed by atoms with van der Waals surface area (Å²) in [5, 5.41) is 0. The second kappa shape index (κ2) is 2.69. The molecule has 2 saturated carbocycles. The van der Waals surface area contributed by atoms with Crippen LogP contribution < -0.4 is 5.73 Å². The van der Waals surface area contributed by atoms with Crippen molar-refractivity contribution in [3.05, 3.63) is 0 Å². The van der Waals surface area contributed by atoms with Crippen molar-refractivity contribution in [2.75, 3.05) is 0 Å². The molecular weight excluding hydrogens is 153 g/mol. The van der Waals surface area contributed by atoms with Gasteiger partial charge in [-0.1, -0.05) is 19.8 Å². The Labute approximate surface area is 73.5 Å². The first-order valence-corrected chi connectivity index (χ1v) is 5.04. The lowest BCUT2D eigenvalue weighted by Crippen LogP contribution is -2.37. The Morgan fingerprint density at radius 1 is 1.42 bits per heavy atom. The van der Waals surface area contributed by atoms with Crippen molar-refractivity contribution in [1.29, 1.82) is 0 Å². The Hall–Kier alpha value is -0.110. The molecule has 2 N–H and O–H groups in total. The summed E-state index contributed by atoms with van der Waals surface area (Å²) < 4.78 is 13.0. The number of nitrogens with two attached hydrogens (primary N) is 1. The molecule has 0 amide bonds. The van der Waals surface area contributed by atoms with E-state index in [1.54, 1.807) is 0 Å². The first-order chi connectivity index (χ1) is 5.64. The standard InChI is InChI=1S/C10H18FN/c1-10(6-8(10)11)9(12)7-4-2-3-5-7/h7-9H,2-6,12H2,1H3. The van der Waals surface area contributed by atoms with E-state index in [-0.39, 0.29) is 11.5 Å². The van der Waals surface area contributed by atoms with E-state index in [4.69, 9.17) is 5.73 Å². The summed E-state index contributed by atoms with van der Waals surface area (Å²) in [4.78, 5) is 0. The van der Waals surface area contributed by atoms with Gasteiger partial charge in [0.05, 0.1) is 0 Å². The number of hydrogen-bond donors (Lipinski definition) is 1. The average Bonchev–Trinajstić information content (AvgIpc) is 2.59. The van der Waals surface area contributed by atoms with E-state index < -0.39 is 6.17 Å². The van der Waals surface area contributed by atoms with Crippen LogP contribution in [0, 0.1) is 11.3 Å². The molecule has 0 saturated heterocycles. The molecule has 2 rings (SSSR count). The molecule has 0 aromatic rings. The Bertz CT molecular complexity index is 177. The van der Waals surface area contributed by atoms with E-state index in [2.05, 4.69) is 0 Å². The van der Waals surface area contributed by atoms with Crippen LogP contribution in [-0.4, -0.2) is 12.2 Å². The maximum Gasteiger partial charge on any atom is 0.108 e. The minimum absolute atomic E-state index is 0.120. The van der Waals surface area contributed by atoms with Gasteiger partial charge in [-0.2, -0.15) is 0 Å². The van der Waals surface area contributed by atoms with Crippen molar-refractivity contribution in [2.45, 2.75) is 51.2 Å². The third kappa shape index (κ3) is 1.17. The van der Waals surface area contributed by atoms with Crippen molar-refractivity contribution in [2.24, 2.45) is 17.1 Å². The zero-order chi connectivity index (χ0) is 8.77. The topological polar surface area (TPSA) is 26.0 Å². The summed E-state index contributed by atoms with van der Waals surface area (Å²) in [6.45, 7) is 2.00. The van der Waals surface area contributed by atoms with E-state index >= 15 is 0 Å². The lowest BCUT2D eigenvalue weighted by Gasteiger charge is -2.24. The van der Waals surface area contributed by atoms with Crippen LogP contribution in [0.3, 0.4) is 0 Å². The van der Waals surface area contributed by atoms with E-state index in [1.165, 1.54) is 25.7 Å². The Balaban J connectivity index is 1.95. The molecule has 2 aliphatic rings. The molecule has 0 aliphatic heterocycles. The van der Waals surface area contributed by atoms with E-state index in [0.29, 0.717) is 12.3 Å². The van der Waals surface area contributed by atoms with Gasteiger partial charge in [-0.25, -0.2) is 4.39 Å². The maximum absolute atomic E-state index is 13.0. The molecule has 0 bridgehead atoms. The molecule has 3 unspecified atom stereocenters. The normalized spacial score (nSPS) is 44.8. The van der Waals surface area contributed by atoms with Crippen LogP contribution in [-0.2, 0) is 0 Å². The summed E-state index contributed by atoms with van der Waals surface area (Å²) in [5.74, 6) is 0.607. The predicted octanol–water partition coefficient (Wildman–Crippen LogP) is 2.25. The van der Waals surface area contributed by atoms with Crippen LogP contribution in [0.2, 0.25) is 0 Å². The largest absolute Gasteiger partial charge is 0.327 e. The van der Waals surface area contributed by atoms with Gasteiger partial charge in [0.1, 0.15) is 6.17 Å². The summed E-state index contributed by atoms with van der Waals surface area (Å²) in [6, 6.07) is 0.120. The Kier molecular flexibility index (Phi) is 1.90. The summed E-state index contributed by atoms with van der Waals surface area (Å²) in [5.41, 5.74) is 5.91. The SMILES string of the molecule is CC1(C(N)C2CCCC2)CC1F. The molecule has 2 heteroatoms. The molecule has 70 valence electrons. The van der Waals surface area contributed by atoms with Crippen molar-refractivity contribution < 1.29 is 4.39 Å². The van der Waals surface area contributed by atoms with Crippen LogP contribution in [0.1, 0.15) is 39.0 Å². The number of rotatable bonds is 2. The van der Waals surface area contributed by atoms with Gasteiger partial charge in [0.15, 0.2) is 0 Å². The second-order valence-electron chi connectivity index (χ2n) is 4.75. The molecule has 0 radical (unpaired) electrons. The quantitative estimate of drug-likeness (QED) is 0.677. The molecule has 0 aromatic carbocycles. The smallest absolute Gasteiger partial charge is 0.108 e. The van der Waals surface area contributed by atoms with Gasteiger partial charge >= 0.3 is 0 Å². The van der Waals surface area contributed by atoms with Gasteiger partial charge in [-0.15, -0.1) is 0 Å². The van der Waals surface area contributed by atoms with Crippen LogP contribution in [0.4, 0.5) is 4.39 Å². The van der Waals surface area contributed by atoms with Crippen molar-refractivity contribution in [3.8, 4) is 0 Å². The zero-order valence-electron chi connectivity index (χ0n) is 7.72. The van der Waals surface area contributed by atoms with Gasteiger partial charge in [0.2, 0.25) is 0 Å². The lowest BCUT2D eigenvalue weighted by molar-refractivity contribution is 0.262. The minimum atomic E-state index is -0.618. The molecule has 2 aliphatic carbocycles. The molecule has 12 heavy (non-hydrogen) atoms. The maximum atomic E-state index is 13.0. The minimum Gasteiger partial charge on any atom is -0.327 e. The molecule has 0 heterocycles. The molecule has 1 nitrogen and oxygen atoms in total. The lowest BCUT2D eigenvalue weighted by atomic mass is 9.86. The van der Waals surface area contributed by atoms with Gasteiger partial charge < -0.3 is 5.73 Å². The van der Waals surface area contributed by atoms with Crippen molar-refractivity contribution in [1.82, 2.24) is 0 Å². The molecular formula is C10H18FN. The monoisotopic (exact) mass is 171 g/mol. The highest BCUT2D eigenvalue weighted by atomic mass is 19.1. The zero-order valence-corrected chi connectivity index (χ0v) is 7.72. The van der Waals surface area contributed by atoms with E-state index in [0.717, 1.165) is 0 Å². The van der Waals surface area contributed by atoms with Crippen LogP contribution in [0.5, 0.6) is 0 Å². The fourth-order valence-electron chi connectivity index (χ4n) is 2.53. The summed E-state index contributed by atoms with van der Waals surface area (Å²) >= 11 is 0. The molecule has 2 fully saturated rings. The predicted molar refractivity (Wildman–Crippen MR) is 47.6 cm³/mol. The molecule has 0 spiro atoms. The first kappa shape index (κ1) is 8.49. The van der Waals surface area contributed by atoms with Crippen LogP contribution >= 0.6 is 0 Å². The Morgan fingerprint density at radius 2 is 1.92 bits per heavy atom. The molecule has 0 aromatic heterocycles. The fourth-order valence-corrected chi connectivity index (χ4v) is 2.53. The number of hydrogen-bond acceptors (Lipinski definition) is 1. The van der Waals surface area contributed by atoms with Gasteiger partial charge in [-0.3, -0.25) is 0 Å². The van der Waals surface area contributed by atoms with E-state index in [9.17, 15) is 4.39 Å². The Morgan fingerprint density at radius 3 is 2.33 bits per heavy atom. The van der Waals surface area contributed by atoms with Crippen LogP contribution in [0.25, 0.3) is 0 Å². The van der Waals surface area contributed by atoms with E-state index in [1.807, 2.05) is 6.92 Å². The number of alkyl halides is 1. The highest BCUT2D eigenvalue weighted by Crippen LogP contribution is 2.53. The van der Waals surface area contributed by atoms with Gasteiger partial charge in [0.25, 0.3) is 0 Å². The van der Waals surface area contributed by atoms with Crippen molar-refractivity contribution >= 4 is 0 Å². The fraction of sp³-hybridized carbons (Fsp3) is 1.00.